The Labute approximate surface area is 271 Å². The van der Waals surface area contributed by atoms with Crippen LogP contribution >= 0.6 is 0 Å². The molecule has 9 heteroatoms. The molecule has 0 aliphatic carbocycles. The highest BCUT2D eigenvalue weighted by Crippen LogP contribution is 2.46. The van der Waals surface area contributed by atoms with E-state index in [1.54, 1.807) is 36.4 Å². The van der Waals surface area contributed by atoms with Crippen LogP contribution in [-0.4, -0.2) is 23.9 Å². The Balaban J connectivity index is 1.95. The standard InChI is InChI=1S/C38H31FO8/c1-20(2)35(40)44-27-13-9-24(10-14-27)26-17-30-31(39)19-29(25-11-15-28(16-12-25)45-36(41)21(3)4)34(47-38(43)23(7)8)33(30)32(18-26)46-37(42)22(5)6/h9-19H,1,3,5,7H2,2,4,6,8H3. The normalized spacial score (nSPS) is 10.5. The highest BCUT2D eigenvalue weighted by atomic mass is 19.1. The molecule has 0 radical (unpaired) electrons. The van der Waals surface area contributed by atoms with E-state index in [2.05, 4.69) is 26.3 Å². The van der Waals surface area contributed by atoms with Crippen molar-refractivity contribution in [2.24, 2.45) is 0 Å². The molecule has 0 amide bonds. The van der Waals surface area contributed by atoms with Crippen LogP contribution in [0, 0.1) is 5.82 Å². The topological polar surface area (TPSA) is 105 Å². The van der Waals surface area contributed by atoms with Gasteiger partial charge in [0.05, 0.1) is 5.39 Å². The number of carbonyl (C=O) groups is 4. The van der Waals surface area contributed by atoms with E-state index in [1.165, 1.54) is 58.0 Å². The second kappa shape index (κ2) is 13.9. The highest BCUT2D eigenvalue weighted by molar-refractivity contribution is 6.06. The van der Waals surface area contributed by atoms with Crippen molar-refractivity contribution in [3.63, 3.8) is 0 Å². The third kappa shape index (κ3) is 7.77. The SMILES string of the molecule is C=C(C)C(=O)Oc1ccc(-c2cc(OC(=O)C(=C)C)c3c(OC(=O)C(=C)C)c(-c4ccc(OC(=O)C(=C)C)cc4)cc(F)c3c2)cc1. The number of fused-ring (bicyclic) bond motifs is 1. The summed E-state index contributed by atoms with van der Waals surface area (Å²) in [5.41, 5.74) is 2.12. The Morgan fingerprint density at radius 2 is 0.957 bits per heavy atom. The number of hydrogen-bond donors (Lipinski definition) is 0. The summed E-state index contributed by atoms with van der Waals surface area (Å²) in [7, 11) is 0. The number of rotatable bonds is 10. The summed E-state index contributed by atoms with van der Waals surface area (Å²) in [6.07, 6.45) is 0. The Hall–Kier alpha value is -6.09. The largest absolute Gasteiger partial charge is 0.423 e. The highest BCUT2D eigenvalue weighted by Gasteiger charge is 2.24. The summed E-state index contributed by atoms with van der Waals surface area (Å²) in [5.74, 6) is -3.25. The fraction of sp³-hybridized carbons (Fsp3) is 0.105. The van der Waals surface area contributed by atoms with E-state index in [9.17, 15) is 19.2 Å². The maximum atomic E-state index is 16.1. The van der Waals surface area contributed by atoms with Gasteiger partial charge in [-0.3, -0.25) is 0 Å². The number of benzene rings is 4. The summed E-state index contributed by atoms with van der Waals surface area (Å²) in [4.78, 5) is 49.6. The fourth-order valence-electron chi connectivity index (χ4n) is 4.18. The monoisotopic (exact) mass is 634 g/mol. The fourth-order valence-corrected chi connectivity index (χ4v) is 4.18. The first-order valence-corrected chi connectivity index (χ1v) is 14.2. The Bertz CT molecular complexity index is 2000. The van der Waals surface area contributed by atoms with Crippen molar-refractivity contribution in [1.29, 1.82) is 0 Å². The Morgan fingerprint density at radius 1 is 0.532 bits per heavy atom. The van der Waals surface area contributed by atoms with Crippen molar-refractivity contribution in [3.05, 3.63) is 121 Å². The maximum absolute atomic E-state index is 16.1. The van der Waals surface area contributed by atoms with E-state index >= 15 is 4.39 Å². The lowest BCUT2D eigenvalue weighted by atomic mass is 9.95. The van der Waals surface area contributed by atoms with Gasteiger partial charge in [-0.15, -0.1) is 0 Å². The minimum atomic E-state index is -0.799. The molecule has 0 heterocycles. The zero-order valence-electron chi connectivity index (χ0n) is 26.3. The molecule has 0 spiro atoms. The summed E-state index contributed by atoms with van der Waals surface area (Å²) in [6.45, 7) is 20.4. The summed E-state index contributed by atoms with van der Waals surface area (Å²) < 4.78 is 38.2. The molecule has 238 valence electrons. The average molecular weight is 635 g/mol. The number of hydrogen-bond acceptors (Lipinski definition) is 8. The quantitative estimate of drug-likeness (QED) is 0.0976. The van der Waals surface area contributed by atoms with Crippen LogP contribution in [-0.2, 0) is 19.2 Å². The van der Waals surface area contributed by atoms with Crippen LogP contribution in [0.4, 0.5) is 4.39 Å². The molecule has 0 bridgehead atoms. The van der Waals surface area contributed by atoms with Crippen LogP contribution in [0.5, 0.6) is 23.0 Å². The van der Waals surface area contributed by atoms with Crippen molar-refractivity contribution >= 4 is 34.6 Å². The van der Waals surface area contributed by atoms with E-state index < -0.39 is 29.7 Å². The van der Waals surface area contributed by atoms with E-state index in [1.807, 2.05) is 0 Å². The van der Waals surface area contributed by atoms with Gasteiger partial charge in [-0.2, -0.15) is 0 Å². The van der Waals surface area contributed by atoms with Crippen molar-refractivity contribution < 1.29 is 42.5 Å². The first-order chi connectivity index (χ1) is 22.2. The molecule has 0 fully saturated rings. The van der Waals surface area contributed by atoms with Crippen LogP contribution in [0.1, 0.15) is 27.7 Å². The van der Waals surface area contributed by atoms with E-state index in [-0.39, 0.29) is 61.6 Å². The number of esters is 4. The zero-order valence-corrected chi connectivity index (χ0v) is 26.3. The molecule has 0 aromatic heterocycles. The molecular weight excluding hydrogens is 603 g/mol. The second-order valence-corrected chi connectivity index (χ2v) is 10.9. The number of ether oxygens (including phenoxy) is 4. The molecule has 4 aromatic rings. The van der Waals surface area contributed by atoms with Crippen LogP contribution < -0.4 is 18.9 Å². The number of halogens is 1. The van der Waals surface area contributed by atoms with Gasteiger partial charge in [0.2, 0.25) is 0 Å². The third-order valence-electron chi connectivity index (χ3n) is 6.67. The van der Waals surface area contributed by atoms with Gasteiger partial charge in [0, 0.05) is 33.2 Å². The van der Waals surface area contributed by atoms with Crippen molar-refractivity contribution in [2.75, 3.05) is 0 Å². The lowest BCUT2D eigenvalue weighted by Gasteiger charge is -2.18. The van der Waals surface area contributed by atoms with Crippen molar-refractivity contribution in [1.82, 2.24) is 0 Å². The zero-order chi connectivity index (χ0) is 34.6. The summed E-state index contributed by atoms with van der Waals surface area (Å²) in [5, 5.41) is -0.0252. The summed E-state index contributed by atoms with van der Waals surface area (Å²) in [6, 6.07) is 16.7. The lowest BCUT2D eigenvalue weighted by molar-refractivity contribution is -0.131. The molecule has 0 unspecified atom stereocenters. The Morgan fingerprint density at radius 3 is 1.43 bits per heavy atom. The smallest absolute Gasteiger partial charge is 0.338 e. The van der Waals surface area contributed by atoms with Crippen LogP contribution in [0.25, 0.3) is 33.0 Å². The van der Waals surface area contributed by atoms with Gasteiger partial charge in [0.25, 0.3) is 0 Å². The molecule has 0 saturated carbocycles. The maximum Gasteiger partial charge on any atom is 0.338 e. The minimum Gasteiger partial charge on any atom is -0.423 e. The predicted molar refractivity (Wildman–Crippen MR) is 177 cm³/mol. The second-order valence-electron chi connectivity index (χ2n) is 10.9. The van der Waals surface area contributed by atoms with E-state index in [0.717, 1.165) is 0 Å². The molecule has 0 N–H and O–H groups in total. The van der Waals surface area contributed by atoms with Gasteiger partial charge in [0.15, 0.2) is 5.75 Å². The first kappa shape index (κ1) is 33.8. The minimum absolute atomic E-state index is 0.00209. The molecule has 4 rings (SSSR count). The van der Waals surface area contributed by atoms with Crippen LogP contribution in [0.3, 0.4) is 0 Å². The molecular formula is C38H31FO8. The van der Waals surface area contributed by atoms with Crippen molar-refractivity contribution in [2.45, 2.75) is 27.7 Å². The van der Waals surface area contributed by atoms with Gasteiger partial charge in [-0.05, 0) is 86.8 Å². The third-order valence-corrected chi connectivity index (χ3v) is 6.67. The van der Waals surface area contributed by atoms with Crippen LogP contribution in [0.15, 0.2) is 115 Å². The molecule has 8 nitrogen and oxygen atoms in total. The number of carbonyl (C=O) groups excluding carboxylic acids is 4. The van der Waals surface area contributed by atoms with Gasteiger partial charge in [-0.25, -0.2) is 23.6 Å². The molecule has 0 atom stereocenters. The molecule has 0 aliphatic heterocycles. The first-order valence-electron chi connectivity index (χ1n) is 14.2. The molecule has 47 heavy (non-hydrogen) atoms. The predicted octanol–water partition coefficient (Wildman–Crippen LogP) is 8.24. The van der Waals surface area contributed by atoms with Crippen molar-refractivity contribution in [3.8, 4) is 45.3 Å². The lowest BCUT2D eigenvalue weighted by Crippen LogP contribution is -2.12. The van der Waals surface area contributed by atoms with Gasteiger partial charge in [-0.1, -0.05) is 50.6 Å². The van der Waals surface area contributed by atoms with Gasteiger partial charge >= 0.3 is 23.9 Å². The molecule has 4 aromatic carbocycles. The van der Waals surface area contributed by atoms with Crippen LogP contribution in [0.2, 0.25) is 0 Å². The van der Waals surface area contributed by atoms with Gasteiger partial charge in [0.1, 0.15) is 23.1 Å². The van der Waals surface area contributed by atoms with E-state index in [0.29, 0.717) is 16.7 Å². The molecule has 0 aliphatic rings. The molecule has 0 saturated heterocycles. The summed E-state index contributed by atoms with van der Waals surface area (Å²) >= 11 is 0. The van der Waals surface area contributed by atoms with Gasteiger partial charge < -0.3 is 18.9 Å². The Kier molecular flexibility index (Phi) is 10.0. The average Bonchev–Trinajstić information content (AvgIpc) is 3.02. The van der Waals surface area contributed by atoms with E-state index in [4.69, 9.17) is 18.9 Å².